The van der Waals surface area contributed by atoms with E-state index in [1.807, 2.05) is 6.07 Å². The molecule has 0 saturated carbocycles. The lowest BCUT2D eigenvalue weighted by Gasteiger charge is -2.10. The summed E-state index contributed by atoms with van der Waals surface area (Å²) in [5.74, 6) is -16.0. The summed E-state index contributed by atoms with van der Waals surface area (Å²) in [7, 11) is 0. The maximum absolute atomic E-state index is 14.9. The average Bonchev–Trinajstić information content (AvgIpc) is 3.69. The third-order valence-electron chi connectivity index (χ3n) is 6.24. The van der Waals surface area contributed by atoms with Crippen LogP contribution in [0, 0.1) is 70.7 Å². The molecule has 2 aromatic heterocycles. The Kier molecular flexibility index (Phi) is 6.50. The SMILES string of the molecule is [C-]#[N+]/C(C#N)=C1\N=c2ccc(-c3nc(-c4nc5c([N+]#[C-])ccc(F)c5o4)nc(-c4c(F)c(F)c(F)c(F)c4F)n3)c(C#N)c2=N1. The van der Waals surface area contributed by atoms with E-state index in [9.17, 15) is 36.9 Å². The molecule has 0 atom stereocenters. The lowest BCUT2D eigenvalue weighted by molar-refractivity contribution is 0.381. The van der Waals surface area contributed by atoms with Crippen LogP contribution in [0.3, 0.4) is 0 Å². The smallest absolute Gasteiger partial charge is 0.305 e. The van der Waals surface area contributed by atoms with Crippen LogP contribution >= 0.6 is 0 Å². The van der Waals surface area contributed by atoms with Gasteiger partial charge in [0.1, 0.15) is 16.9 Å². The van der Waals surface area contributed by atoms with E-state index in [2.05, 4.69) is 39.6 Å². The summed E-state index contributed by atoms with van der Waals surface area (Å²) in [5.41, 5.74) is -3.59. The maximum atomic E-state index is 14.9. The van der Waals surface area contributed by atoms with Crippen LogP contribution < -0.4 is 10.7 Å². The summed E-state index contributed by atoms with van der Waals surface area (Å²) in [5, 5.41) is 19.1. The quantitative estimate of drug-likeness (QED) is 0.0905. The van der Waals surface area contributed by atoms with E-state index < -0.39 is 75.1 Å². The van der Waals surface area contributed by atoms with Crippen molar-refractivity contribution in [1.82, 2.24) is 19.9 Å². The Morgan fingerprint density at radius 1 is 0.778 bits per heavy atom. The highest BCUT2D eigenvalue weighted by atomic mass is 19.2. The second kappa shape index (κ2) is 10.4. The molecule has 45 heavy (non-hydrogen) atoms. The first-order chi connectivity index (χ1) is 21.6. The molecule has 0 fully saturated rings. The average molecular weight is 610 g/mol. The van der Waals surface area contributed by atoms with Gasteiger partial charge in [-0.25, -0.2) is 71.2 Å². The number of nitrogens with zero attached hydrogens (tertiary/aromatic N) is 10. The number of aromatic nitrogens is 4. The number of nitriles is 2. The Hall–Kier alpha value is -6.98. The molecule has 1 aliphatic rings. The van der Waals surface area contributed by atoms with Gasteiger partial charge in [0.05, 0.1) is 35.7 Å². The summed E-state index contributed by atoms with van der Waals surface area (Å²) in [6.45, 7) is 14.4. The number of hydrogen-bond acceptors (Lipinski definition) is 9. The third kappa shape index (κ3) is 4.28. The molecule has 11 nitrogen and oxygen atoms in total. The zero-order valence-electron chi connectivity index (χ0n) is 21.5. The molecule has 0 aliphatic carbocycles. The van der Waals surface area contributed by atoms with Crippen LogP contribution in [0.5, 0.6) is 0 Å². The standard InChI is InChI=1S/C28H4F6N10O/c1-37-12-6-4-11(29)23-22(12)41-28(45-23)27-43-24(42-26(44-27)15-16(30)18(32)20(34)19(33)17(15)31)9-3-5-13-21(10(9)7-35)40-25(39-13)14(8-36)38-2/h3-6H/b25-14+. The minimum atomic E-state index is -2.44. The first kappa shape index (κ1) is 28.2. The minimum Gasteiger partial charge on any atom is -0.432 e. The molecule has 0 radical (unpaired) electrons. The zero-order chi connectivity index (χ0) is 32.2. The molecule has 0 unspecified atom stereocenters. The van der Waals surface area contributed by atoms with Crippen LogP contribution in [-0.4, -0.2) is 19.9 Å². The van der Waals surface area contributed by atoms with Crippen LogP contribution in [0.1, 0.15) is 5.56 Å². The van der Waals surface area contributed by atoms with Crippen LogP contribution in [0.25, 0.3) is 55.3 Å². The fourth-order valence-corrected chi connectivity index (χ4v) is 4.21. The highest BCUT2D eigenvalue weighted by Gasteiger charge is 2.30. The number of halogens is 6. The summed E-state index contributed by atoms with van der Waals surface area (Å²) < 4.78 is 91.9. The largest absolute Gasteiger partial charge is 0.432 e. The third-order valence-corrected chi connectivity index (χ3v) is 6.24. The van der Waals surface area contributed by atoms with Crippen molar-refractivity contribution < 1.29 is 30.8 Å². The highest BCUT2D eigenvalue weighted by molar-refractivity contribution is 5.89. The molecule has 3 heterocycles. The number of allylic oxidation sites excluding steroid dienone is 1. The second-order valence-corrected chi connectivity index (χ2v) is 8.71. The van der Waals surface area contributed by atoms with Gasteiger partial charge in [-0.3, -0.25) is 0 Å². The molecule has 0 N–H and O–H groups in total. The molecule has 0 bridgehead atoms. The van der Waals surface area contributed by atoms with Crippen molar-refractivity contribution in [1.29, 1.82) is 10.5 Å². The van der Waals surface area contributed by atoms with Gasteiger partial charge in [-0.1, -0.05) is 6.07 Å². The molecule has 1 aliphatic heterocycles. The van der Waals surface area contributed by atoms with Gasteiger partial charge in [0.25, 0.3) is 5.89 Å². The van der Waals surface area contributed by atoms with Crippen LogP contribution in [0.4, 0.5) is 32.0 Å². The van der Waals surface area contributed by atoms with Crippen LogP contribution in [-0.2, 0) is 0 Å². The van der Waals surface area contributed by atoms with Crippen molar-refractivity contribution in [3.05, 3.63) is 110 Å². The monoisotopic (exact) mass is 610 g/mol. The molecule has 0 amide bonds. The van der Waals surface area contributed by atoms with Crippen molar-refractivity contribution in [3.8, 4) is 46.6 Å². The Morgan fingerprint density at radius 3 is 2.09 bits per heavy atom. The van der Waals surface area contributed by atoms with Gasteiger partial charge in [0, 0.05) is 5.56 Å². The number of oxazole rings is 1. The van der Waals surface area contributed by atoms with Gasteiger partial charge >= 0.3 is 5.70 Å². The van der Waals surface area contributed by atoms with E-state index in [0.717, 1.165) is 12.1 Å². The molecule has 17 heteroatoms. The Bertz CT molecular complexity index is 2470. The lowest BCUT2D eigenvalue weighted by atomic mass is 10.1. The number of fused-ring (bicyclic) bond motifs is 2. The van der Waals surface area contributed by atoms with Crippen molar-refractivity contribution >= 4 is 16.8 Å². The predicted octanol–water partition coefficient (Wildman–Crippen LogP) is 5.14. The zero-order valence-corrected chi connectivity index (χ0v) is 21.5. The molecule has 5 aromatic rings. The van der Waals surface area contributed by atoms with Crippen molar-refractivity contribution in [2.45, 2.75) is 0 Å². The summed E-state index contributed by atoms with van der Waals surface area (Å²) in [4.78, 5) is 30.1. The summed E-state index contributed by atoms with van der Waals surface area (Å²) in [6.07, 6.45) is 0. The lowest BCUT2D eigenvalue weighted by Crippen LogP contribution is -2.25. The van der Waals surface area contributed by atoms with Crippen LogP contribution in [0.2, 0.25) is 0 Å². The van der Waals surface area contributed by atoms with Crippen LogP contribution in [0.15, 0.2) is 50.2 Å². The number of hydrogen-bond donors (Lipinski definition) is 0. The molecule has 214 valence electrons. The van der Waals surface area contributed by atoms with E-state index in [0.29, 0.717) is 0 Å². The van der Waals surface area contributed by atoms with E-state index in [4.69, 9.17) is 17.6 Å². The normalized spacial score (nSPS) is 12.8. The first-order valence-corrected chi connectivity index (χ1v) is 11.9. The molecule has 6 rings (SSSR count). The fraction of sp³-hybridized carbons (Fsp3) is 0. The Morgan fingerprint density at radius 2 is 1.44 bits per heavy atom. The Balaban J connectivity index is 1.69. The highest BCUT2D eigenvalue weighted by Crippen LogP contribution is 2.35. The predicted molar refractivity (Wildman–Crippen MR) is 136 cm³/mol. The van der Waals surface area contributed by atoms with Crippen molar-refractivity contribution in [2.24, 2.45) is 9.98 Å². The fourth-order valence-electron chi connectivity index (χ4n) is 4.21. The van der Waals surface area contributed by atoms with E-state index in [1.165, 1.54) is 12.1 Å². The Labute approximate surface area is 244 Å². The van der Waals surface area contributed by atoms with Gasteiger partial charge in [-0.05, 0) is 18.2 Å². The number of rotatable bonds is 3. The minimum absolute atomic E-state index is 0.0528. The van der Waals surface area contributed by atoms with Gasteiger partial charge in [0.2, 0.25) is 17.3 Å². The molecule has 3 aromatic carbocycles. The van der Waals surface area contributed by atoms with Crippen molar-refractivity contribution in [2.75, 3.05) is 0 Å². The molecular weight excluding hydrogens is 606 g/mol. The van der Waals surface area contributed by atoms with Gasteiger partial charge < -0.3 is 4.42 Å². The number of benzene rings is 3. The van der Waals surface area contributed by atoms with Gasteiger partial charge in [-0.2, -0.15) is 5.26 Å². The summed E-state index contributed by atoms with van der Waals surface area (Å²) in [6, 6.07) is 7.93. The second-order valence-electron chi connectivity index (χ2n) is 8.71. The molecule has 0 spiro atoms. The van der Waals surface area contributed by atoms with Gasteiger partial charge in [0.15, 0.2) is 52.1 Å². The molecule has 0 saturated heterocycles. The van der Waals surface area contributed by atoms with E-state index in [1.54, 1.807) is 6.07 Å². The maximum Gasteiger partial charge on any atom is 0.305 e. The van der Waals surface area contributed by atoms with Gasteiger partial charge in [-0.15, -0.1) is 0 Å². The van der Waals surface area contributed by atoms with E-state index >= 15 is 0 Å². The van der Waals surface area contributed by atoms with E-state index in [-0.39, 0.29) is 38.9 Å². The summed E-state index contributed by atoms with van der Waals surface area (Å²) >= 11 is 0. The topological polar surface area (TPSA) is 146 Å². The first-order valence-electron chi connectivity index (χ1n) is 11.9. The molecular formula is C28H4F6N10O. The van der Waals surface area contributed by atoms with Crippen molar-refractivity contribution in [3.63, 3.8) is 0 Å².